The summed E-state index contributed by atoms with van der Waals surface area (Å²) >= 11 is 0. The number of aromatic nitrogens is 2. The number of nitrogens with one attached hydrogen (secondary N) is 2. The van der Waals surface area contributed by atoms with Crippen LogP contribution in [0.5, 0.6) is 0 Å². The van der Waals surface area contributed by atoms with Crippen molar-refractivity contribution in [2.45, 2.75) is 13.1 Å². The van der Waals surface area contributed by atoms with E-state index >= 15 is 0 Å². The van der Waals surface area contributed by atoms with E-state index in [2.05, 4.69) is 15.3 Å². The molecule has 1 rings (SSSR count). The van der Waals surface area contributed by atoms with Gasteiger partial charge in [0.1, 0.15) is 12.7 Å². The first-order valence-electron chi connectivity index (χ1n) is 4.89. The Kier molecular flexibility index (Phi) is 4.23. The molecular weight excluding hydrogens is 255 g/mol. The van der Waals surface area contributed by atoms with E-state index in [-0.39, 0.29) is 5.95 Å². The molecule has 1 heterocycles. The van der Waals surface area contributed by atoms with Crippen molar-refractivity contribution in [2.24, 2.45) is 0 Å². The molecule has 0 unspecified atom stereocenters. The predicted molar refractivity (Wildman–Crippen MR) is 57.4 cm³/mol. The molecule has 0 amide bonds. The lowest BCUT2D eigenvalue weighted by Crippen LogP contribution is -2.22. The van der Waals surface area contributed by atoms with E-state index < -0.39 is 29.1 Å². The van der Waals surface area contributed by atoms with Crippen molar-refractivity contribution in [1.82, 2.24) is 9.97 Å². The summed E-state index contributed by atoms with van der Waals surface area (Å²) in [6.45, 7) is 0.764. The molecule has 2 N–H and O–H groups in total. The van der Waals surface area contributed by atoms with Crippen LogP contribution in [0.1, 0.15) is 6.92 Å². The van der Waals surface area contributed by atoms with Gasteiger partial charge >= 0.3 is 11.9 Å². The monoisotopic (exact) mass is 265 g/mol. The Balaban J connectivity index is 2.96. The fourth-order valence-electron chi connectivity index (χ4n) is 1.07. The van der Waals surface area contributed by atoms with Gasteiger partial charge in [-0.25, -0.2) is 4.98 Å². The third kappa shape index (κ3) is 4.03. The molecule has 0 aromatic carbocycles. The van der Waals surface area contributed by atoms with Gasteiger partial charge < -0.3 is 10.6 Å². The van der Waals surface area contributed by atoms with Gasteiger partial charge in [0.25, 0.3) is 0 Å². The van der Waals surface area contributed by atoms with E-state index in [1.807, 2.05) is 5.32 Å². The highest BCUT2D eigenvalue weighted by Crippen LogP contribution is 2.24. The van der Waals surface area contributed by atoms with Gasteiger partial charge in [0.2, 0.25) is 11.8 Å². The Hall–Kier alpha value is -2.13. The quantitative estimate of drug-likeness (QED) is 0.622. The van der Waals surface area contributed by atoms with Crippen molar-refractivity contribution in [1.29, 1.82) is 0 Å². The van der Waals surface area contributed by atoms with Crippen molar-refractivity contribution in [3.63, 3.8) is 0 Å². The van der Waals surface area contributed by atoms with Crippen LogP contribution < -0.4 is 10.6 Å². The third-order valence-electron chi connectivity index (χ3n) is 1.76. The molecule has 0 spiro atoms. The van der Waals surface area contributed by atoms with Gasteiger partial charge in [0.15, 0.2) is 0 Å². The number of alkyl halides is 3. The molecule has 0 saturated carbocycles. The molecular formula is C8H10F3N5O2. The summed E-state index contributed by atoms with van der Waals surface area (Å²) in [5.74, 6) is -0.448. The molecule has 7 nitrogen and oxygen atoms in total. The van der Waals surface area contributed by atoms with Crippen LogP contribution in [0.25, 0.3) is 0 Å². The van der Waals surface area contributed by atoms with E-state index in [0.717, 1.165) is 6.20 Å². The van der Waals surface area contributed by atoms with Crippen LogP contribution in [-0.4, -0.2) is 34.2 Å². The van der Waals surface area contributed by atoms with E-state index in [9.17, 15) is 23.3 Å². The minimum absolute atomic E-state index is 0.0211. The highest BCUT2D eigenvalue weighted by atomic mass is 19.4. The van der Waals surface area contributed by atoms with Crippen LogP contribution in [0, 0.1) is 10.1 Å². The maximum Gasteiger partial charge on any atom is 0.405 e. The van der Waals surface area contributed by atoms with E-state index in [1.54, 1.807) is 6.92 Å². The highest BCUT2D eigenvalue weighted by Gasteiger charge is 2.29. The molecule has 0 fully saturated rings. The molecule has 0 aliphatic rings. The lowest BCUT2D eigenvalue weighted by atomic mass is 10.4. The zero-order chi connectivity index (χ0) is 13.8. The topological polar surface area (TPSA) is 93.0 Å². The Bertz CT molecular complexity index is 437. The van der Waals surface area contributed by atoms with Gasteiger partial charge in [-0.1, -0.05) is 0 Å². The van der Waals surface area contributed by atoms with Crippen LogP contribution in [0.3, 0.4) is 0 Å². The second-order valence-electron chi connectivity index (χ2n) is 3.18. The molecule has 0 aliphatic carbocycles. The van der Waals surface area contributed by atoms with Crippen molar-refractivity contribution >= 4 is 17.5 Å². The summed E-state index contributed by atoms with van der Waals surface area (Å²) in [5.41, 5.74) is -0.610. The second kappa shape index (κ2) is 5.47. The zero-order valence-electron chi connectivity index (χ0n) is 9.28. The Morgan fingerprint density at radius 3 is 2.61 bits per heavy atom. The van der Waals surface area contributed by atoms with Gasteiger partial charge in [0.05, 0.1) is 4.92 Å². The van der Waals surface area contributed by atoms with Crippen LogP contribution >= 0.6 is 0 Å². The molecule has 1 aromatic rings. The Labute approximate surface area is 99.6 Å². The van der Waals surface area contributed by atoms with Crippen LogP contribution in [0.4, 0.5) is 30.6 Å². The van der Waals surface area contributed by atoms with Gasteiger partial charge in [-0.3, -0.25) is 10.1 Å². The molecule has 0 radical (unpaired) electrons. The van der Waals surface area contributed by atoms with E-state index in [4.69, 9.17) is 0 Å². The first-order valence-corrected chi connectivity index (χ1v) is 4.89. The number of halogens is 3. The standard InChI is InChI=1S/C8H10F3N5O2/c1-2-12-7-13-3-5(16(17)18)6(15-7)14-4-8(9,10)11/h3H,2,4H2,1H3,(H2,12,13,14,15). The number of hydrogen-bond donors (Lipinski definition) is 2. The van der Waals surface area contributed by atoms with Crippen molar-refractivity contribution in [2.75, 3.05) is 23.7 Å². The SMILES string of the molecule is CCNc1ncc([N+](=O)[O-])c(NCC(F)(F)F)n1. The van der Waals surface area contributed by atoms with Gasteiger partial charge in [-0.2, -0.15) is 18.2 Å². The van der Waals surface area contributed by atoms with Gasteiger partial charge in [-0.05, 0) is 6.92 Å². The summed E-state index contributed by atoms with van der Waals surface area (Å²) in [7, 11) is 0. The van der Waals surface area contributed by atoms with E-state index in [0.29, 0.717) is 6.54 Å². The number of nitrogens with zero attached hydrogens (tertiary/aromatic N) is 3. The fraction of sp³-hybridized carbons (Fsp3) is 0.500. The smallest absolute Gasteiger partial charge is 0.355 e. The largest absolute Gasteiger partial charge is 0.405 e. The lowest BCUT2D eigenvalue weighted by molar-refractivity contribution is -0.384. The molecule has 1 aromatic heterocycles. The summed E-state index contributed by atoms with van der Waals surface area (Å²) < 4.78 is 36.1. The summed E-state index contributed by atoms with van der Waals surface area (Å²) in [4.78, 5) is 17.0. The Morgan fingerprint density at radius 1 is 1.44 bits per heavy atom. The molecule has 10 heteroatoms. The Morgan fingerprint density at radius 2 is 2.11 bits per heavy atom. The van der Waals surface area contributed by atoms with Gasteiger partial charge in [0, 0.05) is 6.54 Å². The second-order valence-corrected chi connectivity index (χ2v) is 3.18. The van der Waals surface area contributed by atoms with Crippen molar-refractivity contribution in [3.05, 3.63) is 16.3 Å². The fourth-order valence-corrected chi connectivity index (χ4v) is 1.07. The molecule has 0 saturated heterocycles. The van der Waals surface area contributed by atoms with Crippen LogP contribution in [0.15, 0.2) is 6.20 Å². The third-order valence-corrected chi connectivity index (χ3v) is 1.76. The maximum atomic E-state index is 12.0. The highest BCUT2D eigenvalue weighted by molar-refractivity contribution is 5.56. The lowest BCUT2D eigenvalue weighted by Gasteiger charge is -2.10. The minimum atomic E-state index is -4.49. The minimum Gasteiger partial charge on any atom is -0.355 e. The molecule has 0 bridgehead atoms. The summed E-state index contributed by atoms with van der Waals surface area (Å²) in [6, 6.07) is 0. The van der Waals surface area contributed by atoms with Gasteiger partial charge in [-0.15, -0.1) is 0 Å². The number of rotatable bonds is 5. The predicted octanol–water partition coefficient (Wildman–Crippen LogP) is 1.79. The average Bonchev–Trinajstić information content (AvgIpc) is 2.25. The normalized spacial score (nSPS) is 11.1. The molecule has 0 atom stereocenters. The van der Waals surface area contributed by atoms with Crippen molar-refractivity contribution in [3.8, 4) is 0 Å². The number of nitro groups is 1. The summed E-state index contributed by atoms with van der Waals surface area (Å²) in [5, 5.41) is 15.1. The number of anilines is 2. The number of hydrogen-bond acceptors (Lipinski definition) is 6. The van der Waals surface area contributed by atoms with Crippen molar-refractivity contribution < 1.29 is 18.1 Å². The summed E-state index contributed by atoms with van der Waals surface area (Å²) in [6.07, 6.45) is -3.64. The maximum absolute atomic E-state index is 12.0. The first-order chi connectivity index (χ1) is 8.33. The van der Waals surface area contributed by atoms with Crippen LogP contribution in [0.2, 0.25) is 0 Å². The average molecular weight is 265 g/mol. The van der Waals surface area contributed by atoms with Crippen LogP contribution in [-0.2, 0) is 0 Å². The zero-order valence-corrected chi connectivity index (χ0v) is 9.28. The molecule has 0 aliphatic heterocycles. The first kappa shape index (κ1) is 13.9. The molecule has 18 heavy (non-hydrogen) atoms. The molecule has 100 valence electrons. The van der Waals surface area contributed by atoms with E-state index in [1.165, 1.54) is 0 Å².